The van der Waals surface area contributed by atoms with Crippen molar-refractivity contribution >= 4 is 22.3 Å². The highest BCUT2D eigenvalue weighted by Crippen LogP contribution is 2.22. The van der Waals surface area contributed by atoms with Crippen LogP contribution in [0.4, 0.5) is 0 Å². The molecule has 0 saturated carbocycles. The van der Waals surface area contributed by atoms with Gasteiger partial charge in [0.1, 0.15) is 6.33 Å². The van der Waals surface area contributed by atoms with Crippen LogP contribution in [0.5, 0.6) is 11.9 Å². The Labute approximate surface area is 108 Å². The van der Waals surface area contributed by atoms with Crippen molar-refractivity contribution in [2.45, 2.75) is 0 Å². The van der Waals surface area contributed by atoms with Crippen LogP contribution in [0.25, 0.3) is 22.3 Å². The van der Waals surface area contributed by atoms with Crippen molar-refractivity contribution in [3.05, 3.63) is 23.0 Å². The number of ether oxygens (including phenoxy) is 1. The van der Waals surface area contributed by atoms with Crippen molar-refractivity contribution in [1.29, 1.82) is 0 Å². The molecule has 20 heavy (non-hydrogen) atoms. The fraction of sp³-hybridized carbons (Fsp3) is 0. The summed E-state index contributed by atoms with van der Waals surface area (Å²) in [5.74, 6) is 0.166. The van der Waals surface area contributed by atoms with Gasteiger partial charge < -0.3 is 14.7 Å². The van der Waals surface area contributed by atoms with Crippen LogP contribution in [0.2, 0.25) is 0 Å². The molecule has 0 aliphatic heterocycles. The summed E-state index contributed by atoms with van der Waals surface area (Å²) in [6, 6.07) is 0.0761. The second-order valence-electron chi connectivity index (χ2n) is 3.75. The number of fused-ring (bicyclic) bond motifs is 2. The summed E-state index contributed by atoms with van der Waals surface area (Å²) in [6.07, 6.45) is 2.55. The van der Waals surface area contributed by atoms with E-state index in [2.05, 4.69) is 45.3 Å². The summed E-state index contributed by atoms with van der Waals surface area (Å²) >= 11 is 0. The smallest absolute Gasteiger partial charge is 0.303 e. The minimum Gasteiger partial charge on any atom is -0.404 e. The lowest BCUT2D eigenvalue weighted by atomic mass is 10.5. The van der Waals surface area contributed by atoms with Gasteiger partial charge in [-0.2, -0.15) is 15.2 Å². The minimum atomic E-state index is -0.341. The van der Waals surface area contributed by atoms with Crippen LogP contribution in [0.15, 0.2) is 17.4 Å². The first-order valence-electron chi connectivity index (χ1n) is 5.44. The number of hydrogen-bond acceptors (Lipinski definition) is 8. The zero-order valence-electron chi connectivity index (χ0n) is 9.65. The fourth-order valence-corrected chi connectivity index (χ4v) is 1.69. The third-order valence-corrected chi connectivity index (χ3v) is 2.55. The molecule has 11 nitrogen and oxygen atoms in total. The minimum absolute atomic E-state index is 0.0761. The van der Waals surface area contributed by atoms with Gasteiger partial charge in [0.05, 0.1) is 6.33 Å². The molecule has 0 radical (unpaired) electrons. The van der Waals surface area contributed by atoms with Crippen LogP contribution >= 0.6 is 0 Å². The molecular weight excluding hydrogens is 266 g/mol. The summed E-state index contributed by atoms with van der Waals surface area (Å²) in [5, 5.41) is 10.1. The molecule has 0 bridgehead atoms. The average molecular weight is 271 g/mol. The van der Waals surface area contributed by atoms with Gasteiger partial charge in [0.25, 0.3) is 11.4 Å². The Morgan fingerprint density at radius 2 is 2.05 bits per heavy atom. The van der Waals surface area contributed by atoms with Gasteiger partial charge in [-0.05, 0) is 0 Å². The van der Waals surface area contributed by atoms with Gasteiger partial charge in [-0.3, -0.25) is 4.79 Å². The monoisotopic (exact) mass is 271 g/mol. The van der Waals surface area contributed by atoms with Crippen LogP contribution in [-0.4, -0.2) is 45.3 Å². The van der Waals surface area contributed by atoms with E-state index in [1.165, 1.54) is 12.7 Å². The second-order valence-corrected chi connectivity index (χ2v) is 3.75. The number of imidazole rings is 1. The topological polar surface area (TPSA) is 151 Å². The Hall–Kier alpha value is -3.37. The summed E-state index contributed by atoms with van der Waals surface area (Å²) in [6.45, 7) is 0. The lowest BCUT2D eigenvalue weighted by Gasteiger charge is -1.98. The Kier molecular flexibility index (Phi) is 2.01. The second kappa shape index (κ2) is 3.81. The maximum Gasteiger partial charge on any atom is 0.303 e. The fourth-order valence-electron chi connectivity index (χ4n) is 1.69. The first kappa shape index (κ1) is 10.5. The van der Waals surface area contributed by atoms with Gasteiger partial charge in [0.2, 0.25) is 5.65 Å². The molecule has 3 N–H and O–H groups in total. The van der Waals surface area contributed by atoms with Crippen molar-refractivity contribution in [2.75, 3.05) is 0 Å². The van der Waals surface area contributed by atoms with Crippen molar-refractivity contribution in [1.82, 2.24) is 45.3 Å². The van der Waals surface area contributed by atoms with E-state index in [-0.39, 0.29) is 28.6 Å². The molecule has 0 fully saturated rings. The third kappa shape index (κ3) is 1.50. The van der Waals surface area contributed by atoms with E-state index < -0.39 is 0 Å². The summed E-state index contributed by atoms with van der Waals surface area (Å²) < 4.78 is 5.46. The maximum atomic E-state index is 11.5. The summed E-state index contributed by atoms with van der Waals surface area (Å²) in [4.78, 5) is 32.5. The molecule has 0 unspecified atom stereocenters. The average Bonchev–Trinajstić information content (AvgIpc) is 3.06. The predicted octanol–water partition coefficient (Wildman–Crippen LogP) is -0.500. The molecule has 11 heteroatoms. The van der Waals surface area contributed by atoms with Gasteiger partial charge in [-0.1, -0.05) is 0 Å². The third-order valence-electron chi connectivity index (χ3n) is 2.55. The van der Waals surface area contributed by atoms with Crippen molar-refractivity contribution in [3.63, 3.8) is 0 Å². The van der Waals surface area contributed by atoms with Crippen LogP contribution in [0.3, 0.4) is 0 Å². The first-order valence-corrected chi connectivity index (χ1v) is 5.44. The molecule has 98 valence electrons. The molecule has 4 aromatic heterocycles. The number of aromatic amines is 3. The largest absolute Gasteiger partial charge is 0.404 e. The Bertz CT molecular complexity index is 968. The molecule has 4 rings (SSSR count). The van der Waals surface area contributed by atoms with Crippen molar-refractivity contribution < 1.29 is 4.74 Å². The molecule has 4 heterocycles. The van der Waals surface area contributed by atoms with Gasteiger partial charge in [-0.15, -0.1) is 10.2 Å². The van der Waals surface area contributed by atoms with Crippen LogP contribution in [0, 0.1) is 0 Å². The molecule has 4 aromatic rings. The molecule has 0 atom stereocenters. The first-order chi connectivity index (χ1) is 9.81. The van der Waals surface area contributed by atoms with E-state index in [1.54, 1.807) is 0 Å². The lowest BCUT2D eigenvalue weighted by Crippen LogP contribution is -2.05. The quantitative estimate of drug-likeness (QED) is 0.441. The number of H-pyrrole nitrogens is 3. The number of aromatic nitrogens is 9. The Morgan fingerprint density at radius 1 is 1.10 bits per heavy atom. The van der Waals surface area contributed by atoms with E-state index in [1.807, 2.05) is 0 Å². The van der Waals surface area contributed by atoms with Gasteiger partial charge in [-0.25, -0.2) is 9.97 Å². The van der Waals surface area contributed by atoms with E-state index in [0.717, 1.165) is 0 Å². The highest BCUT2D eigenvalue weighted by atomic mass is 16.5. The lowest BCUT2D eigenvalue weighted by molar-refractivity contribution is 0.435. The molecule has 0 aliphatic carbocycles. The summed E-state index contributed by atoms with van der Waals surface area (Å²) in [7, 11) is 0. The Balaban J connectivity index is 1.83. The standard InChI is InChI=1S/C9H5N9O2/c19-7-3-5(10-1-12-7)15-9(14-3)20-8-4-6(11-2-13-8)17-18-16-4/h1-2H,(H2,10,12,14,15,19)(H,11,13,16,17,18). The number of nitrogens with zero attached hydrogens (tertiary/aromatic N) is 6. The molecule has 0 aliphatic rings. The van der Waals surface area contributed by atoms with Crippen LogP contribution < -0.4 is 10.3 Å². The van der Waals surface area contributed by atoms with E-state index in [9.17, 15) is 4.79 Å². The van der Waals surface area contributed by atoms with Gasteiger partial charge >= 0.3 is 6.01 Å². The van der Waals surface area contributed by atoms with E-state index in [0.29, 0.717) is 11.2 Å². The number of rotatable bonds is 2. The predicted molar refractivity (Wildman–Crippen MR) is 64.1 cm³/mol. The molecule has 0 spiro atoms. The van der Waals surface area contributed by atoms with Crippen LogP contribution in [0.1, 0.15) is 0 Å². The normalized spacial score (nSPS) is 11.2. The number of hydrogen-bond donors (Lipinski definition) is 3. The molecular formula is C9H5N9O2. The van der Waals surface area contributed by atoms with Crippen molar-refractivity contribution in [2.24, 2.45) is 0 Å². The van der Waals surface area contributed by atoms with E-state index >= 15 is 0 Å². The number of nitrogens with one attached hydrogen (secondary N) is 3. The van der Waals surface area contributed by atoms with Gasteiger partial charge in [0, 0.05) is 0 Å². The van der Waals surface area contributed by atoms with Crippen molar-refractivity contribution in [3.8, 4) is 11.9 Å². The van der Waals surface area contributed by atoms with Gasteiger partial charge in [0.15, 0.2) is 16.7 Å². The van der Waals surface area contributed by atoms with E-state index in [4.69, 9.17) is 4.74 Å². The highest BCUT2D eigenvalue weighted by molar-refractivity contribution is 5.74. The zero-order valence-corrected chi connectivity index (χ0v) is 9.65. The van der Waals surface area contributed by atoms with Crippen LogP contribution in [-0.2, 0) is 0 Å². The summed E-state index contributed by atoms with van der Waals surface area (Å²) in [5.41, 5.74) is 0.839. The maximum absolute atomic E-state index is 11.5. The Morgan fingerprint density at radius 3 is 2.95 bits per heavy atom. The molecule has 0 saturated heterocycles. The molecule has 0 amide bonds. The highest BCUT2D eigenvalue weighted by Gasteiger charge is 2.13. The SMILES string of the molecule is O=c1[nH]cnc2nc(Oc3ncnc4n[nH]nc34)[nH]c12. The molecule has 0 aromatic carbocycles. The zero-order chi connectivity index (χ0) is 13.5.